The molecular formula is C10H21NO3. The number of rotatable bonds is 5. The second-order valence-corrected chi connectivity index (χ2v) is 4.05. The Morgan fingerprint density at radius 2 is 2.36 bits per heavy atom. The van der Waals surface area contributed by atoms with Crippen LogP contribution in [0.1, 0.15) is 39.5 Å². The summed E-state index contributed by atoms with van der Waals surface area (Å²) in [6, 6.07) is 0. The standard InChI is InChI=1S/C10H21NO3/c1-3-10(2,8-11-12)14-9-6-4-5-7-13-9/h9,11-12H,3-8H2,1-2H3. The molecule has 0 bridgehead atoms. The first-order valence-corrected chi connectivity index (χ1v) is 5.36. The molecule has 2 N–H and O–H groups in total. The van der Waals surface area contributed by atoms with Gasteiger partial charge in [-0.2, -0.15) is 0 Å². The third-order valence-corrected chi connectivity index (χ3v) is 2.75. The summed E-state index contributed by atoms with van der Waals surface area (Å²) < 4.78 is 11.3. The molecule has 1 rings (SSSR count). The molecule has 1 fully saturated rings. The first-order valence-electron chi connectivity index (χ1n) is 5.36. The summed E-state index contributed by atoms with van der Waals surface area (Å²) in [6.07, 6.45) is 4.00. The van der Waals surface area contributed by atoms with E-state index in [9.17, 15) is 0 Å². The highest BCUT2D eigenvalue weighted by atomic mass is 16.7. The second kappa shape index (κ2) is 5.66. The van der Waals surface area contributed by atoms with Crippen molar-refractivity contribution in [3.63, 3.8) is 0 Å². The minimum Gasteiger partial charge on any atom is -0.353 e. The van der Waals surface area contributed by atoms with Crippen LogP contribution in [0, 0.1) is 0 Å². The van der Waals surface area contributed by atoms with Crippen LogP contribution in [0.4, 0.5) is 0 Å². The maximum absolute atomic E-state index is 8.69. The molecule has 0 aromatic rings. The van der Waals surface area contributed by atoms with Gasteiger partial charge >= 0.3 is 0 Å². The normalized spacial score (nSPS) is 27.2. The van der Waals surface area contributed by atoms with Crippen LogP contribution in [-0.4, -0.2) is 30.2 Å². The number of hydrogen-bond donors (Lipinski definition) is 2. The van der Waals surface area contributed by atoms with E-state index in [0.717, 1.165) is 32.3 Å². The van der Waals surface area contributed by atoms with Gasteiger partial charge in [0.05, 0.1) is 5.60 Å². The molecule has 84 valence electrons. The maximum atomic E-state index is 8.69. The van der Waals surface area contributed by atoms with Crippen LogP contribution in [0.3, 0.4) is 0 Å². The summed E-state index contributed by atoms with van der Waals surface area (Å²) in [5.74, 6) is 0. The van der Waals surface area contributed by atoms with E-state index in [0.29, 0.717) is 6.54 Å². The van der Waals surface area contributed by atoms with Crippen LogP contribution in [0.15, 0.2) is 0 Å². The number of hydrogen-bond acceptors (Lipinski definition) is 4. The van der Waals surface area contributed by atoms with E-state index in [1.807, 2.05) is 13.8 Å². The van der Waals surface area contributed by atoms with Crippen molar-refractivity contribution in [1.82, 2.24) is 5.48 Å². The highest BCUT2D eigenvalue weighted by molar-refractivity contribution is 4.75. The maximum Gasteiger partial charge on any atom is 0.158 e. The zero-order chi connectivity index (χ0) is 10.4. The fourth-order valence-corrected chi connectivity index (χ4v) is 1.54. The van der Waals surface area contributed by atoms with E-state index in [-0.39, 0.29) is 11.9 Å². The Morgan fingerprint density at radius 1 is 1.57 bits per heavy atom. The Morgan fingerprint density at radius 3 is 2.86 bits per heavy atom. The van der Waals surface area contributed by atoms with Gasteiger partial charge in [-0.25, -0.2) is 5.48 Å². The van der Waals surface area contributed by atoms with E-state index < -0.39 is 0 Å². The first-order chi connectivity index (χ1) is 6.70. The molecule has 4 heteroatoms. The van der Waals surface area contributed by atoms with Crippen LogP contribution in [0.2, 0.25) is 0 Å². The highest BCUT2D eigenvalue weighted by Crippen LogP contribution is 2.22. The predicted octanol–water partition coefficient (Wildman–Crippen LogP) is 1.68. The molecule has 1 aliphatic rings. The largest absolute Gasteiger partial charge is 0.353 e. The van der Waals surface area contributed by atoms with Gasteiger partial charge in [-0.3, -0.25) is 0 Å². The molecule has 0 spiro atoms. The topological polar surface area (TPSA) is 50.7 Å². The lowest BCUT2D eigenvalue weighted by molar-refractivity contribution is -0.223. The fourth-order valence-electron chi connectivity index (χ4n) is 1.54. The number of ether oxygens (including phenoxy) is 2. The predicted molar refractivity (Wildman–Crippen MR) is 53.2 cm³/mol. The molecule has 0 aliphatic carbocycles. The van der Waals surface area contributed by atoms with E-state index in [1.165, 1.54) is 0 Å². The van der Waals surface area contributed by atoms with E-state index in [2.05, 4.69) is 5.48 Å². The van der Waals surface area contributed by atoms with Crippen molar-refractivity contribution in [3.05, 3.63) is 0 Å². The molecule has 4 nitrogen and oxygen atoms in total. The third kappa shape index (κ3) is 3.53. The Hall–Kier alpha value is -0.160. The Balaban J connectivity index is 2.37. The summed E-state index contributed by atoms with van der Waals surface area (Å²) >= 11 is 0. The number of nitrogens with one attached hydrogen (secondary N) is 1. The van der Waals surface area contributed by atoms with Crippen LogP contribution in [-0.2, 0) is 9.47 Å². The van der Waals surface area contributed by atoms with E-state index in [1.54, 1.807) is 0 Å². The Kier molecular flexibility index (Phi) is 4.81. The smallest absolute Gasteiger partial charge is 0.158 e. The molecule has 1 heterocycles. The lowest BCUT2D eigenvalue weighted by Gasteiger charge is -2.34. The van der Waals surface area contributed by atoms with Gasteiger partial charge < -0.3 is 14.7 Å². The molecule has 0 aromatic heterocycles. The molecule has 0 radical (unpaired) electrons. The monoisotopic (exact) mass is 203 g/mol. The average molecular weight is 203 g/mol. The van der Waals surface area contributed by atoms with Gasteiger partial charge in [-0.05, 0) is 32.6 Å². The second-order valence-electron chi connectivity index (χ2n) is 4.05. The van der Waals surface area contributed by atoms with E-state index in [4.69, 9.17) is 14.7 Å². The lowest BCUT2D eigenvalue weighted by atomic mass is 10.0. The Labute approximate surface area is 85.5 Å². The fraction of sp³-hybridized carbons (Fsp3) is 1.00. The van der Waals surface area contributed by atoms with Crippen molar-refractivity contribution < 1.29 is 14.7 Å². The SMILES string of the molecule is CCC(C)(CNO)OC1CCCCO1. The summed E-state index contributed by atoms with van der Waals surface area (Å²) in [7, 11) is 0. The van der Waals surface area contributed by atoms with Gasteiger partial charge in [0.25, 0.3) is 0 Å². The summed E-state index contributed by atoms with van der Waals surface area (Å²) in [6.45, 7) is 5.24. The van der Waals surface area contributed by atoms with Crippen LogP contribution >= 0.6 is 0 Å². The minimum atomic E-state index is -0.337. The van der Waals surface area contributed by atoms with Gasteiger partial charge in [0.15, 0.2) is 6.29 Å². The minimum absolute atomic E-state index is 0.0953. The molecular weight excluding hydrogens is 182 g/mol. The van der Waals surface area contributed by atoms with Crippen molar-refractivity contribution in [2.75, 3.05) is 13.2 Å². The summed E-state index contributed by atoms with van der Waals surface area (Å²) in [4.78, 5) is 0. The van der Waals surface area contributed by atoms with Crippen LogP contribution in [0.25, 0.3) is 0 Å². The third-order valence-electron chi connectivity index (χ3n) is 2.75. The molecule has 0 amide bonds. The summed E-state index contributed by atoms with van der Waals surface area (Å²) in [5.41, 5.74) is 1.83. The summed E-state index contributed by atoms with van der Waals surface area (Å²) in [5, 5.41) is 8.69. The van der Waals surface area contributed by atoms with Crippen molar-refractivity contribution in [1.29, 1.82) is 0 Å². The first kappa shape index (κ1) is 11.9. The van der Waals surface area contributed by atoms with Crippen molar-refractivity contribution in [2.24, 2.45) is 0 Å². The molecule has 0 aromatic carbocycles. The molecule has 0 saturated carbocycles. The van der Waals surface area contributed by atoms with Gasteiger partial charge in [-0.1, -0.05) is 6.92 Å². The van der Waals surface area contributed by atoms with Gasteiger partial charge in [0.1, 0.15) is 0 Å². The van der Waals surface area contributed by atoms with Crippen LogP contribution in [0.5, 0.6) is 0 Å². The van der Waals surface area contributed by atoms with E-state index >= 15 is 0 Å². The van der Waals surface area contributed by atoms with Crippen molar-refractivity contribution in [2.45, 2.75) is 51.4 Å². The molecule has 14 heavy (non-hydrogen) atoms. The molecule has 2 unspecified atom stereocenters. The Bertz CT molecular complexity index is 159. The lowest BCUT2D eigenvalue weighted by Crippen LogP contribution is -2.43. The number of hydroxylamine groups is 1. The zero-order valence-electron chi connectivity index (χ0n) is 9.08. The van der Waals surface area contributed by atoms with Crippen molar-refractivity contribution in [3.8, 4) is 0 Å². The van der Waals surface area contributed by atoms with Crippen molar-refractivity contribution >= 4 is 0 Å². The zero-order valence-corrected chi connectivity index (χ0v) is 9.08. The van der Waals surface area contributed by atoms with Gasteiger partial charge in [0.2, 0.25) is 0 Å². The van der Waals surface area contributed by atoms with Gasteiger partial charge in [-0.15, -0.1) is 0 Å². The molecule has 1 aliphatic heterocycles. The molecule has 1 saturated heterocycles. The molecule has 2 atom stereocenters. The van der Waals surface area contributed by atoms with Gasteiger partial charge in [0, 0.05) is 13.2 Å². The quantitative estimate of drug-likeness (QED) is 0.667. The van der Waals surface area contributed by atoms with Crippen LogP contribution < -0.4 is 5.48 Å². The average Bonchev–Trinajstić information content (AvgIpc) is 2.20. The highest BCUT2D eigenvalue weighted by Gasteiger charge is 2.28.